The van der Waals surface area contributed by atoms with Crippen molar-refractivity contribution in [2.24, 2.45) is 13.0 Å². The summed E-state index contributed by atoms with van der Waals surface area (Å²) < 4.78 is 109. The summed E-state index contributed by atoms with van der Waals surface area (Å²) in [5.41, 5.74) is 3.74. The van der Waals surface area contributed by atoms with Crippen LogP contribution in [0.2, 0.25) is 0 Å². The zero-order chi connectivity index (χ0) is 35.5. The van der Waals surface area contributed by atoms with Gasteiger partial charge >= 0.3 is 36.4 Å². The molecule has 21 heteroatoms. The minimum Gasteiger partial charge on any atom is -0.481 e. The Balaban J connectivity index is 0.000000413. The summed E-state index contributed by atoms with van der Waals surface area (Å²) in [5, 5.41) is 25.9. The second-order valence-corrected chi connectivity index (χ2v) is 9.48. The lowest BCUT2D eigenvalue weighted by atomic mass is 9.99. The molecule has 1 atom stereocenters. The summed E-state index contributed by atoms with van der Waals surface area (Å²) in [6, 6.07) is 4.28. The van der Waals surface area contributed by atoms with Crippen LogP contribution in [0.4, 0.5) is 39.5 Å². The van der Waals surface area contributed by atoms with E-state index < -0.39 is 36.4 Å². The average molecular weight is 685 g/mol. The quantitative estimate of drug-likeness (QED) is 0.357. The molecule has 1 fully saturated rings. The van der Waals surface area contributed by atoms with E-state index in [0.717, 1.165) is 37.6 Å². The van der Waals surface area contributed by atoms with Crippen LogP contribution in [-0.4, -0.2) is 98.3 Å². The third-order valence-electron chi connectivity index (χ3n) is 5.96. The van der Waals surface area contributed by atoms with Gasteiger partial charge in [0.05, 0.1) is 31.6 Å². The Bertz CT molecular complexity index is 1240. The Kier molecular flexibility index (Phi) is 14.7. The molecule has 4 rings (SSSR count). The molecule has 2 aromatic rings. The number of hydrogen-bond acceptors (Lipinski definition) is 8. The third kappa shape index (κ3) is 13.9. The third-order valence-corrected chi connectivity index (χ3v) is 5.96. The van der Waals surface area contributed by atoms with Gasteiger partial charge in [0.2, 0.25) is 5.88 Å². The lowest BCUT2D eigenvalue weighted by Crippen LogP contribution is -2.38. The fraction of sp³-hybridized carbons (Fsp3) is 0.560. The van der Waals surface area contributed by atoms with Gasteiger partial charge in [0.1, 0.15) is 0 Å². The van der Waals surface area contributed by atoms with E-state index in [1.54, 1.807) is 13.3 Å². The Morgan fingerprint density at radius 2 is 1.41 bits per heavy atom. The van der Waals surface area contributed by atoms with Gasteiger partial charge in [-0.05, 0) is 36.8 Å². The minimum atomic E-state index is -5.08. The number of nitrogens with zero attached hydrogens (tertiary/aromatic N) is 4. The van der Waals surface area contributed by atoms with E-state index in [1.807, 2.05) is 24.0 Å². The molecule has 12 nitrogen and oxygen atoms in total. The van der Waals surface area contributed by atoms with Crippen LogP contribution in [0.15, 0.2) is 24.5 Å². The van der Waals surface area contributed by atoms with E-state index in [9.17, 15) is 39.5 Å². The van der Waals surface area contributed by atoms with Crippen molar-refractivity contribution >= 4 is 17.9 Å². The Labute approximate surface area is 254 Å². The number of carboxylic acid groups (broad SMARTS) is 3. The molecule has 3 N–H and O–H groups in total. The lowest BCUT2D eigenvalue weighted by molar-refractivity contribution is -0.193. The molecular formula is C25H29F9N4O8. The molecule has 0 spiro atoms. The fourth-order valence-electron chi connectivity index (χ4n) is 3.66. The topological polar surface area (TPSA) is 164 Å². The summed E-state index contributed by atoms with van der Waals surface area (Å²) >= 11 is 0. The number of pyridine rings is 1. The lowest BCUT2D eigenvalue weighted by Gasteiger charge is -2.36. The van der Waals surface area contributed by atoms with Gasteiger partial charge in [-0.15, -0.1) is 0 Å². The molecule has 0 aromatic carbocycles. The first-order valence-electron chi connectivity index (χ1n) is 12.8. The van der Waals surface area contributed by atoms with E-state index >= 15 is 0 Å². The van der Waals surface area contributed by atoms with Crippen molar-refractivity contribution in [3.05, 3.63) is 41.3 Å². The van der Waals surface area contributed by atoms with E-state index in [4.69, 9.17) is 39.2 Å². The Morgan fingerprint density at radius 3 is 1.85 bits per heavy atom. The number of alkyl halides is 9. The van der Waals surface area contributed by atoms with Crippen LogP contribution < -0.4 is 4.74 Å². The number of aryl methyl sites for hydroxylation is 1. The van der Waals surface area contributed by atoms with Crippen molar-refractivity contribution in [3.63, 3.8) is 0 Å². The van der Waals surface area contributed by atoms with Crippen LogP contribution >= 0.6 is 0 Å². The van der Waals surface area contributed by atoms with Crippen molar-refractivity contribution in [3.8, 4) is 5.88 Å². The molecule has 1 unspecified atom stereocenters. The summed E-state index contributed by atoms with van der Waals surface area (Å²) in [5.74, 6) is -6.79. The summed E-state index contributed by atoms with van der Waals surface area (Å²) in [4.78, 5) is 33.5. The molecule has 46 heavy (non-hydrogen) atoms. The summed E-state index contributed by atoms with van der Waals surface area (Å²) in [6.45, 7) is 3.40. The molecule has 2 aromatic heterocycles. The maximum atomic E-state index is 10.6. The van der Waals surface area contributed by atoms with Crippen molar-refractivity contribution in [1.82, 2.24) is 19.7 Å². The van der Waals surface area contributed by atoms with Gasteiger partial charge < -0.3 is 24.8 Å². The highest BCUT2D eigenvalue weighted by Crippen LogP contribution is 2.34. The zero-order valence-corrected chi connectivity index (χ0v) is 24.0. The number of fused-ring (bicyclic) bond motifs is 1. The predicted molar refractivity (Wildman–Crippen MR) is 135 cm³/mol. The normalized spacial score (nSPS) is 16.3. The Morgan fingerprint density at radius 1 is 0.913 bits per heavy atom. The first-order chi connectivity index (χ1) is 21.1. The SMILES string of the molecule is COc1ncccc1CN1CCc2cnn(C)c2C1COCC1CC1.O=C(O)C(F)(F)F.O=C(O)C(F)(F)F.O=C(O)C(F)(F)F. The molecule has 1 saturated carbocycles. The largest absolute Gasteiger partial charge is 0.490 e. The number of carbonyl (C=O) groups is 3. The molecule has 260 valence electrons. The van der Waals surface area contributed by atoms with Gasteiger partial charge in [-0.1, -0.05) is 6.07 Å². The number of rotatable bonds is 7. The maximum absolute atomic E-state index is 10.6. The van der Waals surface area contributed by atoms with E-state index in [1.165, 1.54) is 24.1 Å². The Hall–Kier alpha value is -4.14. The summed E-state index contributed by atoms with van der Waals surface area (Å²) in [6.07, 6.45) is -7.82. The van der Waals surface area contributed by atoms with Crippen LogP contribution in [0, 0.1) is 5.92 Å². The number of halogens is 9. The van der Waals surface area contributed by atoms with Gasteiger partial charge in [-0.3, -0.25) is 9.58 Å². The van der Waals surface area contributed by atoms with Crippen LogP contribution in [0.1, 0.15) is 35.7 Å². The minimum absolute atomic E-state index is 0.222. The van der Waals surface area contributed by atoms with Gasteiger partial charge in [0.25, 0.3) is 0 Å². The number of aromatic nitrogens is 3. The fourth-order valence-corrected chi connectivity index (χ4v) is 3.66. The molecule has 0 bridgehead atoms. The number of methoxy groups -OCH3 is 1. The smallest absolute Gasteiger partial charge is 0.481 e. The number of carboxylic acids is 3. The highest BCUT2D eigenvalue weighted by atomic mass is 19.4. The van der Waals surface area contributed by atoms with Crippen molar-refractivity contribution in [2.75, 3.05) is 26.9 Å². The molecule has 1 aliphatic carbocycles. The number of aliphatic carboxylic acids is 3. The first kappa shape index (κ1) is 39.9. The molecular weight excluding hydrogens is 655 g/mol. The maximum Gasteiger partial charge on any atom is 0.490 e. The van der Waals surface area contributed by atoms with Gasteiger partial charge in [-0.25, -0.2) is 19.4 Å². The van der Waals surface area contributed by atoms with E-state index in [-0.39, 0.29) is 6.04 Å². The highest BCUT2D eigenvalue weighted by Gasteiger charge is 2.39. The van der Waals surface area contributed by atoms with Crippen LogP contribution in [0.5, 0.6) is 5.88 Å². The number of ether oxygens (including phenoxy) is 2. The number of hydrogen-bond donors (Lipinski definition) is 3. The van der Waals surface area contributed by atoms with Crippen molar-refractivity contribution < 1.29 is 78.7 Å². The first-order valence-corrected chi connectivity index (χ1v) is 12.8. The van der Waals surface area contributed by atoms with Crippen LogP contribution in [-0.2, 0) is 39.1 Å². The van der Waals surface area contributed by atoms with E-state index in [0.29, 0.717) is 12.5 Å². The van der Waals surface area contributed by atoms with Crippen LogP contribution in [0.3, 0.4) is 0 Å². The van der Waals surface area contributed by atoms with Gasteiger partial charge in [-0.2, -0.15) is 44.6 Å². The second-order valence-electron chi connectivity index (χ2n) is 9.48. The average Bonchev–Trinajstić information content (AvgIpc) is 3.69. The molecule has 0 saturated heterocycles. The van der Waals surface area contributed by atoms with E-state index in [2.05, 4.69) is 21.0 Å². The molecule has 2 aliphatic rings. The zero-order valence-electron chi connectivity index (χ0n) is 24.0. The predicted octanol–water partition coefficient (Wildman–Crippen LogP) is 4.25. The monoisotopic (exact) mass is 684 g/mol. The van der Waals surface area contributed by atoms with Crippen molar-refractivity contribution in [2.45, 2.75) is 50.4 Å². The molecule has 0 radical (unpaired) electrons. The second kappa shape index (κ2) is 17.0. The highest BCUT2D eigenvalue weighted by molar-refractivity contribution is 5.73. The molecule has 3 heterocycles. The summed E-state index contributed by atoms with van der Waals surface area (Å²) in [7, 11) is 3.71. The molecule has 0 amide bonds. The van der Waals surface area contributed by atoms with Crippen molar-refractivity contribution in [1.29, 1.82) is 0 Å². The van der Waals surface area contributed by atoms with Gasteiger partial charge in [0.15, 0.2) is 0 Å². The molecule has 1 aliphatic heterocycles. The standard InChI is InChI=1S/C19H26N4O2.3C2HF3O2/c1-22-18-15(10-21-22)7-9-23(17(18)13-25-12-14-5-6-14)11-16-4-3-8-20-19(16)24-2;3*3-2(4,5)1(6)7/h3-4,8,10,14,17H,5-7,9,11-13H2,1-2H3;3*(H,6,7). The van der Waals surface area contributed by atoms with Gasteiger partial charge in [0, 0.05) is 38.5 Å². The van der Waals surface area contributed by atoms with Crippen LogP contribution in [0.25, 0.3) is 0 Å².